The molecule has 4 heteroatoms. The second-order valence-electron chi connectivity index (χ2n) is 6.12. The van der Waals surface area contributed by atoms with Gasteiger partial charge in [-0.1, -0.05) is 18.2 Å². The monoisotopic (exact) mass is 286 g/mol. The van der Waals surface area contributed by atoms with E-state index < -0.39 is 5.60 Å². The molecule has 2 aromatic rings. The molecule has 1 N–H and O–H groups in total. The van der Waals surface area contributed by atoms with Gasteiger partial charge in [-0.15, -0.1) is 0 Å². The number of para-hydroxylation sites is 1. The predicted octanol–water partition coefficient (Wildman–Crippen LogP) is 3.00. The van der Waals surface area contributed by atoms with E-state index in [1.165, 1.54) is 10.9 Å². The Bertz CT molecular complexity index is 668. The first-order valence-electron chi connectivity index (χ1n) is 7.47. The summed E-state index contributed by atoms with van der Waals surface area (Å²) >= 11 is 0. The lowest BCUT2D eigenvalue weighted by Gasteiger charge is -2.28. The molecule has 1 fully saturated rings. The number of ether oxygens (including phenoxy) is 1. The van der Waals surface area contributed by atoms with Gasteiger partial charge in [0, 0.05) is 30.3 Å². The van der Waals surface area contributed by atoms with Crippen LogP contribution in [0.3, 0.4) is 0 Å². The normalized spacial score (nSPS) is 21.9. The average Bonchev–Trinajstić information content (AvgIpc) is 3.05. The maximum Gasteiger partial charge on any atom is 0.254 e. The van der Waals surface area contributed by atoms with Crippen molar-refractivity contribution < 1.29 is 9.53 Å². The van der Waals surface area contributed by atoms with Crippen LogP contribution in [-0.4, -0.2) is 35.0 Å². The Morgan fingerprint density at radius 3 is 2.86 bits per heavy atom. The molecule has 0 unspecified atom stereocenters. The zero-order valence-corrected chi connectivity index (χ0v) is 12.9. The largest absolute Gasteiger partial charge is 0.365 e. The summed E-state index contributed by atoms with van der Waals surface area (Å²) in [5.41, 5.74) is 2.78. The van der Waals surface area contributed by atoms with E-state index >= 15 is 0 Å². The summed E-state index contributed by atoms with van der Waals surface area (Å²) in [6.45, 7) is 5.26. The number of aromatic nitrogens is 1. The molecule has 1 aliphatic rings. The second-order valence-corrected chi connectivity index (χ2v) is 6.12. The van der Waals surface area contributed by atoms with Crippen molar-refractivity contribution in [2.45, 2.75) is 38.8 Å². The van der Waals surface area contributed by atoms with E-state index in [1.54, 1.807) is 4.90 Å². The lowest BCUT2D eigenvalue weighted by molar-refractivity contribution is -0.150. The lowest BCUT2D eigenvalue weighted by atomic mass is 10.0. The number of aromatic amines is 1. The van der Waals surface area contributed by atoms with Crippen molar-refractivity contribution >= 4 is 16.8 Å². The van der Waals surface area contributed by atoms with Crippen LogP contribution in [-0.2, 0) is 16.1 Å². The fourth-order valence-electron chi connectivity index (χ4n) is 3.16. The fraction of sp³-hybridized carbons (Fsp3) is 0.471. The Labute approximate surface area is 125 Å². The molecule has 3 rings (SSSR count). The van der Waals surface area contributed by atoms with Gasteiger partial charge in [-0.3, -0.25) is 4.79 Å². The van der Waals surface area contributed by atoms with Gasteiger partial charge in [0.15, 0.2) is 0 Å². The molecule has 0 radical (unpaired) electrons. The Balaban J connectivity index is 1.81. The average molecular weight is 286 g/mol. The van der Waals surface area contributed by atoms with Crippen molar-refractivity contribution in [3.63, 3.8) is 0 Å². The highest BCUT2D eigenvalue weighted by Gasteiger charge is 2.39. The van der Waals surface area contributed by atoms with Crippen molar-refractivity contribution in [3.8, 4) is 0 Å². The van der Waals surface area contributed by atoms with E-state index in [2.05, 4.69) is 24.0 Å². The topological polar surface area (TPSA) is 45.3 Å². The van der Waals surface area contributed by atoms with Crippen LogP contribution >= 0.6 is 0 Å². The first-order valence-corrected chi connectivity index (χ1v) is 7.47. The number of H-pyrrole nitrogens is 1. The molecule has 4 nitrogen and oxygen atoms in total. The van der Waals surface area contributed by atoms with Gasteiger partial charge in [0.25, 0.3) is 5.91 Å². The van der Waals surface area contributed by atoms with Crippen molar-refractivity contribution in [1.29, 1.82) is 0 Å². The molecule has 1 aliphatic heterocycles. The number of nitrogens with one attached hydrogen (secondary N) is 1. The summed E-state index contributed by atoms with van der Waals surface area (Å²) < 4.78 is 5.65. The SMILES string of the molecule is Cc1c(CN(C)C(=O)[C@]2(C)CCCO2)[nH]c2ccccc12. The van der Waals surface area contributed by atoms with Crippen LogP contribution < -0.4 is 0 Å². The molecule has 0 spiro atoms. The molecule has 1 saturated heterocycles. The lowest BCUT2D eigenvalue weighted by Crippen LogP contribution is -2.44. The van der Waals surface area contributed by atoms with Crippen molar-refractivity contribution in [1.82, 2.24) is 9.88 Å². The van der Waals surface area contributed by atoms with Gasteiger partial charge in [-0.2, -0.15) is 0 Å². The molecular formula is C17H22N2O2. The number of rotatable bonds is 3. The number of nitrogens with zero attached hydrogens (tertiary/aromatic N) is 1. The van der Waals surface area contributed by atoms with Crippen LogP contribution in [0.2, 0.25) is 0 Å². The molecule has 0 saturated carbocycles. The van der Waals surface area contributed by atoms with Gasteiger partial charge < -0.3 is 14.6 Å². The van der Waals surface area contributed by atoms with E-state index in [4.69, 9.17) is 4.74 Å². The fourth-order valence-corrected chi connectivity index (χ4v) is 3.16. The van der Waals surface area contributed by atoms with Crippen molar-refractivity contribution in [2.24, 2.45) is 0 Å². The number of hydrogen-bond acceptors (Lipinski definition) is 2. The predicted molar refractivity (Wildman–Crippen MR) is 83.1 cm³/mol. The van der Waals surface area contributed by atoms with Gasteiger partial charge in [0.1, 0.15) is 5.60 Å². The zero-order valence-electron chi connectivity index (χ0n) is 12.9. The highest BCUT2D eigenvalue weighted by atomic mass is 16.5. The standard InChI is InChI=1S/C17H22N2O2/c1-12-13-7-4-5-8-14(13)18-15(12)11-19(3)16(20)17(2)9-6-10-21-17/h4-5,7-8,18H,6,9-11H2,1-3H3/t17-/m0/s1. The van der Waals surface area contributed by atoms with Crippen LogP contribution in [0.5, 0.6) is 0 Å². The molecule has 2 heterocycles. The number of fused-ring (bicyclic) bond motifs is 1. The highest BCUT2D eigenvalue weighted by Crippen LogP contribution is 2.28. The summed E-state index contributed by atoms with van der Waals surface area (Å²) in [5, 5.41) is 1.22. The quantitative estimate of drug-likeness (QED) is 0.942. The van der Waals surface area contributed by atoms with Crippen LogP contribution in [0, 0.1) is 6.92 Å². The van der Waals surface area contributed by atoms with E-state index in [-0.39, 0.29) is 5.91 Å². The molecule has 21 heavy (non-hydrogen) atoms. The van der Waals surface area contributed by atoms with Crippen molar-refractivity contribution in [3.05, 3.63) is 35.5 Å². The minimum Gasteiger partial charge on any atom is -0.365 e. The molecular weight excluding hydrogens is 264 g/mol. The first-order chi connectivity index (χ1) is 10.0. The number of aryl methyl sites for hydroxylation is 1. The number of amides is 1. The summed E-state index contributed by atoms with van der Waals surface area (Å²) in [7, 11) is 1.85. The van der Waals surface area contributed by atoms with Gasteiger partial charge in [0.05, 0.1) is 6.54 Å². The van der Waals surface area contributed by atoms with Crippen molar-refractivity contribution in [2.75, 3.05) is 13.7 Å². The Kier molecular flexibility index (Phi) is 3.49. The van der Waals surface area contributed by atoms with E-state index in [0.29, 0.717) is 13.2 Å². The zero-order chi connectivity index (χ0) is 15.0. The maximum absolute atomic E-state index is 12.6. The molecule has 0 bridgehead atoms. The highest BCUT2D eigenvalue weighted by molar-refractivity contribution is 5.86. The van der Waals surface area contributed by atoms with Crippen LogP contribution in [0.4, 0.5) is 0 Å². The second kappa shape index (κ2) is 5.19. The van der Waals surface area contributed by atoms with Gasteiger partial charge in [0.2, 0.25) is 0 Å². The summed E-state index contributed by atoms with van der Waals surface area (Å²) in [5.74, 6) is 0.0676. The third kappa shape index (κ3) is 2.44. The Morgan fingerprint density at radius 2 is 2.19 bits per heavy atom. The van der Waals surface area contributed by atoms with Gasteiger partial charge in [-0.25, -0.2) is 0 Å². The first kappa shape index (κ1) is 14.1. The number of carbonyl (C=O) groups excluding carboxylic acids is 1. The van der Waals surface area contributed by atoms with E-state index in [0.717, 1.165) is 24.1 Å². The number of benzene rings is 1. The molecule has 1 aromatic heterocycles. The number of carbonyl (C=O) groups is 1. The van der Waals surface area contributed by atoms with E-state index in [9.17, 15) is 4.79 Å². The summed E-state index contributed by atoms with van der Waals surface area (Å²) in [6.07, 6.45) is 1.77. The van der Waals surface area contributed by atoms with Crippen LogP contribution in [0.1, 0.15) is 31.0 Å². The number of hydrogen-bond donors (Lipinski definition) is 1. The third-order valence-electron chi connectivity index (χ3n) is 4.48. The molecule has 112 valence electrons. The minimum atomic E-state index is -0.644. The maximum atomic E-state index is 12.6. The summed E-state index contributed by atoms with van der Waals surface area (Å²) in [6, 6.07) is 8.22. The molecule has 0 aliphatic carbocycles. The Morgan fingerprint density at radius 1 is 1.43 bits per heavy atom. The number of likely N-dealkylation sites (N-methyl/N-ethyl adjacent to an activating group) is 1. The minimum absolute atomic E-state index is 0.0676. The Hall–Kier alpha value is -1.81. The molecule has 1 aromatic carbocycles. The van der Waals surface area contributed by atoms with Gasteiger partial charge in [-0.05, 0) is 38.3 Å². The van der Waals surface area contributed by atoms with E-state index in [1.807, 2.05) is 26.1 Å². The van der Waals surface area contributed by atoms with Gasteiger partial charge >= 0.3 is 0 Å². The molecule has 1 atom stereocenters. The smallest absolute Gasteiger partial charge is 0.254 e. The summed E-state index contributed by atoms with van der Waals surface area (Å²) in [4.78, 5) is 17.8. The third-order valence-corrected chi connectivity index (χ3v) is 4.48. The van der Waals surface area contributed by atoms with Crippen LogP contribution in [0.25, 0.3) is 10.9 Å². The molecule has 1 amide bonds. The van der Waals surface area contributed by atoms with Crippen LogP contribution in [0.15, 0.2) is 24.3 Å².